The number of fused-ring (bicyclic) bond motifs is 1. The van der Waals surface area contributed by atoms with Gasteiger partial charge < -0.3 is 15.7 Å². The number of aromatic nitrogens is 1. The van der Waals surface area contributed by atoms with Gasteiger partial charge in [0.2, 0.25) is 5.91 Å². The fraction of sp³-hybridized carbons (Fsp3) is 0.250. The molecule has 1 aromatic rings. The Kier molecular flexibility index (Phi) is 5.53. The van der Waals surface area contributed by atoms with Gasteiger partial charge in [-0.15, -0.1) is 0 Å². The van der Waals surface area contributed by atoms with Crippen LogP contribution in [0.3, 0.4) is 0 Å². The number of amides is 1. The van der Waals surface area contributed by atoms with Gasteiger partial charge in [-0.2, -0.15) is 0 Å². The van der Waals surface area contributed by atoms with E-state index >= 15 is 0 Å². The third-order valence-corrected chi connectivity index (χ3v) is 2.20. The van der Waals surface area contributed by atoms with Gasteiger partial charge in [0, 0.05) is 26.3 Å². The molecule has 18 heavy (non-hydrogen) atoms. The lowest BCUT2D eigenvalue weighted by molar-refractivity contribution is -0.115. The Morgan fingerprint density at radius 3 is 2.94 bits per heavy atom. The molecule has 0 aromatic carbocycles. The van der Waals surface area contributed by atoms with Crippen molar-refractivity contribution >= 4 is 29.8 Å². The topological polar surface area (TPSA) is 91.3 Å². The predicted octanol–water partition coefficient (Wildman–Crippen LogP) is 0.656. The number of anilines is 2. The number of carbonyl (C=O) groups excluding carboxylic acids is 2. The van der Waals surface area contributed by atoms with Crippen molar-refractivity contribution in [1.82, 2.24) is 4.98 Å². The SMILES string of the molecule is CO.O=C/C=C/c1cnc2c(c1)NCCC(=O)N2. The van der Waals surface area contributed by atoms with Gasteiger partial charge in [0.25, 0.3) is 0 Å². The van der Waals surface area contributed by atoms with Crippen LogP contribution in [0, 0.1) is 0 Å². The molecule has 3 N–H and O–H groups in total. The van der Waals surface area contributed by atoms with E-state index < -0.39 is 0 Å². The molecule has 2 heterocycles. The van der Waals surface area contributed by atoms with E-state index in [-0.39, 0.29) is 5.91 Å². The van der Waals surface area contributed by atoms with Crippen LogP contribution in [0.15, 0.2) is 18.3 Å². The van der Waals surface area contributed by atoms with Gasteiger partial charge in [-0.25, -0.2) is 4.98 Å². The van der Waals surface area contributed by atoms with Crippen LogP contribution >= 0.6 is 0 Å². The van der Waals surface area contributed by atoms with E-state index in [0.717, 1.165) is 18.4 Å². The Morgan fingerprint density at radius 1 is 1.44 bits per heavy atom. The molecule has 1 aliphatic rings. The summed E-state index contributed by atoms with van der Waals surface area (Å²) in [6, 6.07) is 1.84. The fourth-order valence-corrected chi connectivity index (χ4v) is 1.46. The molecule has 0 atom stereocenters. The third-order valence-electron chi connectivity index (χ3n) is 2.20. The zero-order valence-electron chi connectivity index (χ0n) is 10.0. The summed E-state index contributed by atoms with van der Waals surface area (Å²) in [6.07, 6.45) is 5.80. The summed E-state index contributed by atoms with van der Waals surface area (Å²) in [5.74, 6) is 0.487. The highest BCUT2D eigenvalue weighted by Gasteiger charge is 2.12. The first-order chi connectivity index (χ1) is 8.79. The molecule has 0 saturated carbocycles. The monoisotopic (exact) mass is 249 g/mol. The lowest BCUT2D eigenvalue weighted by Crippen LogP contribution is -2.11. The van der Waals surface area contributed by atoms with Crippen molar-refractivity contribution in [2.45, 2.75) is 6.42 Å². The summed E-state index contributed by atoms with van der Waals surface area (Å²) in [4.78, 5) is 25.6. The summed E-state index contributed by atoms with van der Waals surface area (Å²) in [5, 5.41) is 12.8. The van der Waals surface area contributed by atoms with E-state index in [1.165, 1.54) is 6.08 Å². The Morgan fingerprint density at radius 2 is 2.22 bits per heavy atom. The van der Waals surface area contributed by atoms with Crippen molar-refractivity contribution in [2.75, 3.05) is 24.3 Å². The minimum atomic E-state index is -0.0464. The number of rotatable bonds is 2. The van der Waals surface area contributed by atoms with Crippen molar-refractivity contribution in [2.24, 2.45) is 0 Å². The maximum atomic E-state index is 11.3. The van der Waals surface area contributed by atoms with Crippen molar-refractivity contribution < 1.29 is 14.7 Å². The molecule has 2 rings (SSSR count). The second kappa shape index (κ2) is 7.18. The van der Waals surface area contributed by atoms with Crippen molar-refractivity contribution in [3.8, 4) is 0 Å². The number of hydrogen-bond donors (Lipinski definition) is 3. The minimum absolute atomic E-state index is 0.0464. The number of pyridine rings is 1. The number of allylic oxidation sites excluding steroid dienone is 1. The molecule has 0 radical (unpaired) electrons. The highest BCUT2D eigenvalue weighted by atomic mass is 16.2. The highest BCUT2D eigenvalue weighted by Crippen LogP contribution is 2.22. The zero-order valence-corrected chi connectivity index (χ0v) is 10.0. The summed E-state index contributed by atoms with van der Waals surface area (Å²) >= 11 is 0. The van der Waals surface area contributed by atoms with E-state index in [0.29, 0.717) is 25.1 Å². The maximum Gasteiger partial charge on any atom is 0.227 e. The van der Waals surface area contributed by atoms with E-state index in [4.69, 9.17) is 5.11 Å². The molecule has 6 nitrogen and oxygen atoms in total. The van der Waals surface area contributed by atoms with Crippen LogP contribution < -0.4 is 10.6 Å². The van der Waals surface area contributed by atoms with Crippen molar-refractivity contribution in [3.05, 3.63) is 23.9 Å². The number of hydrogen-bond acceptors (Lipinski definition) is 5. The number of aliphatic hydroxyl groups excluding tert-OH is 1. The minimum Gasteiger partial charge on any atom is -0.400 e. The highest BCUT2D eigenvalue weighted by molar-refractivity contribution is 5.94. The first-order valence-electron chi connectivity index (χ1n) is 5.40. The second-order valence-corrected chi connectivity index (χ2v) is 3.38. The van der Waals surface area contributed by atoms with Gasteiger partial charge in [0.15, 0.2) is 5.82 Å². The normalized spacial score (nSPS) is 13.6. The Balaban J connectivity index is 0.000000771. The molecule has 96 valence electrons. The summed E-state index contributed by atoms with van der Waals surface area (Å²) < 4.78 is 0. The molecule has 1 amide bonds. The van der Waals surface area contributed by atoms with Crippen molar-refractivity contribution in [1.29, 1.82) is 0 Å². The van der Waals surface area contributed by atoms with Crippen LogP contribution in [-0.4, -0.2) is 35.9 Å². The fourth-order valence-electron chi connectivity index (χ4n) is 1.46. The van der Waals surface area contributed by atoms with E-state index in [1.807, 2.05) is 6.07 Å². The third kappa shape index (κ3) is 3.67. The number of nitrogens with one attached hydrogen (secondary N) is 2. The molecular weight excluding hydrogens is 234 g/mol. The van der Waals surface area contributed by atoms with Gasteiger partial charge in [-0.1, -0.05) is 6.08 Å². The standard InChI is InChI=1S/C11H11N3O2.CH4O/c15-5-1-2-8-6-9-11(13-7-8)14-10(16)3-4-12-9;1-2/h1-2,5-7,12H,3-4H2,(H,13,14,16);2H,1H3/b2-1+;. The largest absolute Gasteiger partial charge is 0.400 e. The summed E-state index contributed by atoms with van der Waals surface area (Å²) in [7, 11) is 1.00. The van der Waals surface area contributed by atoms with Gasteiger partial charge in [0.05, 0.1) is 5.69 Å². The van der Waals surface area contributed by atoms with Crippen LogP contribution in [0.2, 0.25) is 0 Å². The van der Waals surface area contributed by atoms with Gasteiger partial charge in [-0.05, 0) is 17.7 Å². The van der Waals surface area contributed by atoms with Crippen molar-refractivity contribution in [3.63, 3.8) is 0 Å². The number of nitrogens with zero attached hydrogens (tertiary/aromatic N) is 1. The van der Waals surface area contributed by atoms with Crippen LogP contribution in [0.5, 0.6) is 0 Å². The molecule has 0 aliphatic carbocycles. The first kappa shape index (κ1) is 13.9. The number of carbonyl (C=O) groups is 2. The first-order valence-corrected chi connectivity index (χ1v) is 5.40. The average molecular weight is 249 g/mol. The molecule has 6 heteroatoms. The van der Waals surface area contributed by atoms with Crippen LogP contribution in [0.4, 0.5) is 11.5 Å². The average Bonchev–Trinajstić information content (AvgIpc) is 2.59. The number of aldehydes is 1. The maximum absolute atomic E-state index is 11.3. The molecule has 0 saturated heterocycles. The Bertz CT molecular complexity index is 458. The van der Waals surface area contributed by atoms with E-state index in [2.05, 4.69) is 15.6 Å². The Labute approximate surface area is 105 Å². The van der Waals surface area contributed by atoms with Gasteiger partial charge in [0.1, 0.15) is 6.29 Å². The molecule has 1 aliphatic heterocycles. The molecule has 0 bridgehead atoms. The molecular formula is C12H15N3O3. The van der Waals surface area contributed by atoms with Crippen LogP contribution in [0.25, 0.3) is 6.08 Å². The predicted molar refractivity (Wildman–Crippen MR) is 69.2 cm³/mol. The quantitative estimate of drug-likeness (QED) is 0.529. The van der Waals surface area contributed by atoms with Gasteiger partial charge in [-0.3, -0.25) is 9.59 Å². The molecule has 0 fully saturated rings. The lowest BCUT2D eigenvalue weighted by atomic mass is 10.2. The Hall–Kier alpha value is -2.21. The smallest absolute Gasteiger partial charge is 0.227 e. The summed E-state index contributed by atoms with van der Waals surface area (Å²) in [5.41, 5.74) is 1.59. The molecule has 0 unspecified atom stereocenters. The number of aliphatic hydroxyl groups is 1. The van der Waals surface area contributed by atoms with Gasteiger partial charge >= 0.3 is 0 Å². The summed E-state index contributed by atoms with van der Waals surface area (Å²) in [6.45, 7) is 0.585. The lowest BCUT2D eigenvalue weighted by Gasteiger charge is -2.06. The van der Waals surface area contributed by atoms with Crippen LogP contribution in [-0.2, 0) is 9.59 Å². The second-order valence-electron chi connectivity index (χ2n) is 3.38. The van der Waals surface area contributed by atoms with Crippen LogP contribution in [0.1, 0.15) is 12.0 Å². The molecule has 0 spiro atoms. The molecule has 1 aromatic heterocycles. The van der Waals surface area contributed by atoms with E-state index in [9.17, 15) is 9.59 Å². The van der Waals surface area contributed by atoms with E-state index in [1.54, 1.807) is 12.3 Å². The zero-order chi connectivity index (χ0) is 13.4.